The Kier molecular flexibility index (Phi) is 4.71. The third-order valence-corrected chi connectivity index (χ3v) is 4.17. The monoisotopic (exact) mass is 346 g/mol. The summed E-state index contributed by atoms with van der Waals surface area (Å²) in [4.78, 5) is 0. The molecular formula is C13H16BrClN2O2. The van der Waals surface area contributed by atoms with Gasteiger partial charge in [0.25, 0.3) is 0 Å². The lowest BCUT2D eigenvalue weighted by molar-refractivity contribution is 0.173. The van der Waals surface area contributed by atoms with Crippen LogP contribution < -0.4 is 0 Å². The zero-order valence-corrected chi connectivity index (χ0v) is 13.2. The fourth-order valence-electron chi connectivity index (χ4n) is 2.05. The molecule has 0 saturated heterocycles. The van der Waals surface area contributed by atoms with E-state index in [2.05, 4.69) is 21.0 Å². The molecule has 0 amide bonds. The minimum absolute atomic E-state index is 0.414. The number of aromatic nitrogens is 2. The van der Waals surface area contributed by atoms with Crippen molar-refractivity contribution < 1.29 is 9.52 Å². The predicted molar refractivity (Wildman–Crippen MR) is 77.4 cm³/mol. The minimum Gasteiger partial charge on any atom is -0.457 e. The Morgan fingerprint density at radius 1 is 1.53 bits per heavy atom. The molecule has 4 nitrogen and oxygen atoms in total. The Morgan fingerprint density at radius 2 is 2.26 bits per heavy atom. The van der Waals surface area contributed by atoms with Crippen LogP contribution in [0.5, 0.6) is 0 Å². The summed E-state index contributed by atoms with van der Waals surface area (Å²) in [6.07, 6.45) is 2.07. The molecule has 0 aromatic carbocycles. The van der Waals surface area contributed by atoms with Crippen LogP contribution in [0.3, 0.4) is 0 Å². The van der Waals surface area contributed by atoms with Gasteiger partial charge in [-0.25, -0.2) is 0 Å². The van der Waals surface area contributed by atoms with Crippen molar-refractivity contribution in [1.82, 2.24) is 9.78 Å². The number of aryl methyl sites for hydroxylation is 2. The molecule has 104 valence electrons. The second-order valence-corrected chi connectivity index (χ2v) is 5.34. The lowest BCUT2D eigenvalue weighted by Gasteiger charge is -2.11. The van der Waals surface area contributed by atoms with Crippen molar-refractivity contribution in [2.45, 2.75) is 39.3 Å². The molecule has 0 bridgehead atoms. The van der Waals surface area contributed by atoms with Crippen LogP contribution in [0.25, 0.3) is 0 Å². The van der Waals surface area contributed by atoms with Crippen LogP contribution in [0.4, 0.5) is 0 Å². The first kappa shape index (κ1) is 14.6. The lowest BCUT2D eigenvalue weighted by Crippen LogP contribution is -2.08. The molecule has 0 spiro atoms. The van der Waals surface area contributed by atoms with Crippen LogP contribution in [-0.4, -0.2) is 14.9 Å². The van der Waals surface area contributed by atoms with Gasteiger partial charge in [-0.2, -0.15) is 5.10 Å². The van der Waals surface area contributed by atoms with Crippen molar-refractivity contribution in [3.63, 3.8) is 0 Å². The molecular weight excluding hydrogens is 332 g/mol. The number of rotatable bonds is 5. The molecule has 19 heavy (non-hydrogen) atoms. The largest absolute Gasteiger partial charge is 0.457 e. The van der Waals surface area contributed by atoms with Crippen LogP contribution in [0, 0.1) is 0 Å². The van der Waals surface area contributed by atoms with Crippen LogP contribution in [0.15, 0.2) is 21.4 Å². The standard InChI is InChI=1S/C13H16BrClN2O2/c1-3-9-12(15)10(17(4-2)16-9)7-11(18)8-5-6-19-13(8)14/h5-6,11,18H,3-4,7H2,1-2H3. The molecule has 0 fully saturated rings. The van der Waals surface area contributed by atoms with E-state index >= 15 is 0 Å². The summed E-state index contributed by atoms with van der Waals surface area (Å²) < 4.78 is 7.53. The van der Waals surface area contributed by atoms with Crippen molar-refractivity contribution in [1.29, 1.82) is 0 Å². The summed E-state index contributed by atoms with van der Waals surface area (Å²) in [6, 6.07) is 1.75. The first-order chi connectivity index (χ1) is 9.08. The first-order valence-corrected chi connectivity index (χ1v) is 7.40. The number of nitrogens with zero attached hydrogens (tertiary/aromatic N) is 2. The van der Waals surface area contributed by atoms with E-state index in [1.807, 2.05) is 18.5 Å². The van der Waals surface area contributed by atoms with E-state index in [-0.39, 0.29) is 0 Å². The van der Waals surface area contributed by atoms with Crippen LogP contribution >= 0.6 is 27.5 Å². The molecule has 2 rings (SSSR count). The molecule has 0 saturated carbocycles. The van der Waals surface area contributed by atoms with Gasteiger partial charge in [-0.1, -0.05) is 18.5 Å². The minimum atomic E-state index is -0.669. The topological polar surface area (TPSA) is 51.2 Å². The number of furan rings is 1. The number of aliphatic hydroxyl groups excluding tert-OH is 1. The fourth-order valence-corrected chi connectivity index (χ4v) is 2.90. The zero-order valence-electron chi connectivity index (χ0n) is 10.9. The van der Waals surface area contributed by atoms with Gasteiger partial charge in [-0.05, 0) is 35.3 Å². The normalized spacial score (nSPS) is 12.9. The van der Waals surface area contributed by atoms with Crippen molar-refractivity contribution in [2.75, 3.05) is 0 Å². The van der Waals surface area contributed by atoms with E-state index in [1.165, 1.54) is 0 Å². The molecule has 1 N–H and O–H groups in total. The van der Waals surface area contributed by atoms with Gasteiger partial charge in [-0.15, -0.1) is 0 Å². The van der Waals surface area contributed by atoms with Gasteiger partial charge < -0.3 is 9.52 Å². The lowest BCUT2D eigenvalue weighted by atomic mass is 10.1. The Hall–Kier alpha value is -0.780. The Labute approximate surface area is 125 Å². The van der Waals surface area contributed by atoms with E-state index in [0.29, 0.717) is 16.1 Å². The zero-order chi connectivity index (χ0) is 14.0. The van der Waals surface area contributed by atoms with Gasteiger partial charge in [0.15, 0.2) is 4.67 Å². The average Bonchev–Trinajstić information content (AvgIpc) is 2.95. The quantitative estimate of drug-likeness (QED) is 0.896. The Bertz CT molecular complexity index is 565. The van der Waals surface area contributed by atoms with Gasteiger partial charge >= 0.3 is 0 Å². The number of halogens is 2. The van der Waals surface area contributed by atoms with E-state index < -0.39 is 6.10 Å². The maximum absolute atomic E-state index is 10.3. The first-order valence-electron chi connectivity index (χ1n) is 6.23. The molecule has 0 aliphatic carbocycles. The van der Waals surface area contributed by atoms with Crippen LogP contribution in [-0.2, 0) is 19.4 Å². The van der Waals surface area contributed by atoms with Gasteiger partial charge in [0, 0.05) is 18.5 Å². The van der Waals surface area contributed by atoms with E-state index in [4.69, 9.17) is 16.0 Å². The highest BCUT2D eigenvalue weighted by Gasteiger charge is 2.21. The van der Waals surface area contributed by atoms with Crippen molar-refractivity contribution in [2.24, 2.45) is 0 Å². The fraction of sp³-hybridized carbons (Fsp3) is 0.462. The smallest absolute Gasteiger partial charge is 0.174 e. The second-order valence-electron chi connectivity index (χ2n) is 4.25. The van der Waals surface area contributed by atoms with Gasteiger partial charge in [0.05, 0.1) is 28.8 Å². The third-order valence-electron chi connectivity index (χ3n) is 3.09. The Morgan fingerprint density at radius 3 is 2.79 bits per heavy atom. The highest BCUT2D eigenvalue weighted by atomic mass is 79.9. The van der Waals surface area contributed by atoms with Crippen LogP contribution in [0.2, 0.25) is 5.02 Å². The third kappa shape index (κ3) is 2.88. The van der Waals surface area contributed by atoms with Gasteiger partial charge in [0.2, 0.25) is 0 Å². The molecule has 2 aromatic rings. The van der Waals surface area contributed by atoms with E-state index in [1.54, 1.807) is 12.3 Å². The summed E-state index contributed by atoms with van der Waals surface area (Å²) in [5.74, 6) is 0. The van der Waals surface area contributed by atoms with Crippen molar-refractivity contribution >= 4 is 27.5 Å². The summed E-state index contributed by atoms with van der Waals surface area (Å²) in [6.45, 7) is 4.75. The molecule has 0 radical (unpaired) electrons. The van der Waals surface area contributed by atoms with Crippen molar-refractivity contribution in [3.8, 4) is 0 Å². The second kappa shape index (κ2) is 6.11. The molecule has 0 aliphatic rings. The average molecular weight is 348 g/mol. The maximum atomic E-state index is 10.3. The highest BCUT2D eigenvalue weighted by molar-refractivity contribution is 9.10. The molecule has 0 aliphatic heterocycles. The van der Waals surface area contributed by atoms with Crippen molar-refractivity contribution in [3.05, 3.63) is 39.0 Å². The number of hydrogen-bond acceptors (Lipinski definition) is 3. The van der Waals surface area contributed by atoms with Gasteiger partial charge in [0.1, 0.15) is 0 Å². The van der Waals surface area contributed by atoms with E-state index in [0.717, 1.165) is 29.9 Å². The summed E-state index contributed by atoms with van der Waals surface area (Å²) in [7, 11) is 0. The number of hydrogen-bond donors (Lipinski definition) is 1. The molecule has 1 atom stereocenters. The summed E-state index contributed by atoms with van der Waals surface area (Å²) in [5.41, 5.74) is 2.46. The molecule has 2 aromatic heterocycles. The molecule has 1 unspecified atom stereocenters. The molecule has 6 heteroatoms. The molecule has 2 heterocycles. The SMILES string of the molecule is CCc1nn(CC)c(CC(O)c2ccoc2Br)c1Cl. The maximum Gasteiger partial charge on any atom is 0.174 e. The predicted octanol–water partition coefficient (Wildman–Crippen LogP) is 3.75. The van der Waals surface area contributed by atoms with Gasteiger partial charge in [-0.3, -0.25) is 4.68 Å². The summed E-state index contributed by atoms with van der Waals surface area (Å²) in [5, 5.41) is 15.4. The van der Waals surface area contributed by atoms with Crippen LogP contribution in [0.1, 0.15) is 36.9 Å². The number of aliphatic hydroxyl groups is 1. The van der Waals surface area contributed by atoms with E-state index in [9.17, 15) is 5.11 Å². The summed E-state index contributed by atoms with van der Waals surface area (Å²) >= 11 is 9.60. The highest BCUT2D eigenvalue weighted by Crippen LogP contribution is 2.30. The Balaban J connectivity index is 2.28.